The Bertz CT molecular complexity index is 3990. The van der Waals surface area contributed by atoms with E-state index >= 15 is 0 Å². The fraction of sp³-hybridized carbons (Fsp3) is 0.342. The predicted molar refractivity (Wildman–Crippen MR) is 323 cm³/mol. The fourth-order valence-corrected chi connectivity index (χ4v) is 12.9. The van der Waals surface area contributed by atoms with Gasteiger partial charge in [0.25, 0.3) is 6.33 Å². The van der Waals surface area contributed by atoms with E-state index in [1.807, 2.05) is 30.5 Å². The molecule has 0 amide bonds. The molecule has 4 heterocycles. The van der Waals surface area contributed by atoms with Crippen LogP contribution in [-0.2, 0) is 59.0 Å². The van der Waals surface area contributed by atoms with Gasteiger partial charge in [-0.25, -0.2) is 4.98 Å². The van der Waals surface area contributed by atoms with Crippen LogP contribution in [0.5, 0.6) is 11.5 Å². The molecule has 0 N–H and O–H groups in total. The topological polar surface area (TPSA) is 35.9 Å². The zero-order valence-corrected chi connectivity index (χ0v) is 52.0. The van der Waals surface area contributed by atoms with Gasteiger partial charge in [0.2, 0.25) is 0 Å². The Morgan fingerprint density at radius 3 is 1.59 bits per heavy atom. The standard InChI is InChI=1S/C73H76N4O.Pt/c1-67(2,3)44-37-50-51-38-45(68(4,5)6)40-57(72(16,17)18)64(51)73(63(50)56(39-44)71(13,14)15)52-35-33-47(78-46-32-34-49-48-25-19-20-29-58(48)77(60(49)41-46)62-31-21-22-36-74-62)42-61(52)76-43-75(59-30-24-28-55(73)66(59)76)65-53(69(7,8)9)26-23-27-54(65)70(10,11)12;/h19-40H,1-18H3;/q-2;. The molecule has 0 radical (unpaired) electrons. The minimum atomic E-state index is -0.780. The summed E-state index contributed by atoms with van der Waals surface area (Å²) in [5.41, 5.74) is 20.2. The van der Waals surface area contributed by atoms with Crippen LogP contribution in [0.15, 0.2) is 134 Å². The SMILES string of the molecule is CC(C)(C)c1cc2c(c(C(C)(C)C)c1)C1(c3ccc(Oc4[c-]c5c(cc4)c4ccccc4n5-c4ccccn4)[c-]c3-n3[c-][n+](-c4c(C(C)(C)C)cccc4C(C)(C)C)c4cccc1c43)c1c-2cc(C(C)(C)C)cc1C(C)(C)C.[Pt]. The number of nitrogens with zero attached hydrogens (tertiary/aromatic N) is 4. The summed E-state index contributed by atoms with van der Waals surface area (Å²) in [6, 6.07) is 55.2. The number of hydrogen-bond acceptors (Lipinski definition) is 2. The third kappa shape index (κ3) is 8.41. The monoisotopic (exact) mass is 1220 g/mol. The molecule has 1 spiro atoms. The molecule has 12 rings (SSSR count). The van der Waals surface area contributed by atoms with Crippen LogP contribution in [0.25, 0.3) is 61.2 Å². The van der Waals surface area contributed by atoms with Crippen molar-refractivity contribution in [2.45, 2.75) is 163 Å². The van der Waals surface area contributed by atoms with E-state index in [4.69, 9.17) is 9.72 Å². The van der Waals surface area contributed by atoms with E-state index in [2.05, 4.69) is 260 Å². The molecule has 0 bridgehead atoms. The molecule has 0 atom stereocenters. The van der Waals surface area contributed by atoms with Gasteiger partial charge in [0.05, 0.1) is 16.7 Å². The predicted octanol–water partition coefficient (Wildman–Crippen LogP) is 18.1. The van der Waals surface area contributed by atoms with Crippen LogP contribution in [0.4, 0.5) is 0 Å². The Hall–Kier alpha value is -6.55. The van der Waals surface area contributed by atoms with Crippen LogP contribution >= 0.6 is 0 Å². The van der Waals surface area contributed by atoms with Gasteiger partial charge in [0, 0.05) is 49.7 Å². The molecule has 6 heteroatoms. The molecule has 5 nitrogen and oxygen atoms in total. The van der Waals surface area contributed by atoms with Crippen molar-refractivity contribution in [3.63, 3.8) is 0 Å². The maximum absolute atomic E-state index is 7.12. The van der Waals surface area contributed by atoms with Gasteiger partial charge in [-0.05, 0) is 123 Å². The van der Waals surface area contributed by atoms with Crippen molar-refractivity contribution in [3.05, 3.63) is 208 Å². The van der Waals surface area contributed by atoms with E-state index in [9.17, 15) is 0 Å². The molecular weight excluding hydrogens is 1140 g/mol. The zero-order chi connectivity index (χ0) is 55.6. The quantitative estimate of drug-likeness (QED) is 0.130. The van der Waals surface area contributed by atoms with E-state index in [1.54, 1.807) is 0 Å². The molecule has 2 aliphatic rings. The van der Waals surface area contributed by atoms with Crippen molar-refractivity contribution in [1.29, 1.82) is 0 Å². The van der Waals surface area contributed by atoms with Crippen LogP contribution in [0.1, 0.15) is 180 Å². The number of hydrogen-bond donors (Lipinski definition) is 0. The van der Waals surface area contributed by atoms with Crippen molar-refractivity contribution >= 4 is 32.8 Å². The van der Waals surface area contributed by atoms with Crippen LogP contribution in [-0.4, -0.2) is 14.1 Å². The Labute approximate surface area is 484 Å². The number of fused-ring (bicyclic) bond motifs is 12. The van der Waals surface area contributed by atoms with Crippen molar-refractivity contribution < 1.29 is 30.4 Å². The summed E-state index contributed by atoms with van der Waals surface area (Å²) in [6.07, 6.45) is 5.96. The first-order chi connectivity index (χ1) is 36.5. The number of imidazole rings is 1. The van der Waals surface area contributed by atoms with Crippen LogP contribution in [0.2, 0.25) is 0 Å². The molecule has 1 aliphatic carbocycles. The van der Waals surface area contributed by atoms with Gasteiger partial charge in [-0.15, -0.1) is 35.2 Å². The zero-order valence-electron chi connectivity index (χ0n) is 49.7. The van der Waals surface area contributed by atoms with E-state index in [0.717, 1.165) is 49.9 Å². The summed E-state index contributed by atoms with van der Waals surface area (Å²) < 4.78 is 14.0. The summed E-state index contributed by atoms with van der Waals surface area (Å²) in [6.45, 7) is 42.6. The van der Waals surface area contributed by atoms with Gasteiger partial charge in [0.1, 0.15) is 5.82 Å². The Morgan fingerprint density at radius 1 is 0.494 bits per heavy atom. The molecule has 0 saturated heterocycles. The van der Waals surface area contributed by atoms with Crippen molar-refractivity contribution in [1.82, 2.24) is 14.1 Å². The van der Waals surface area contributed by atoms with E-state index in [-0.39, 0.29) is 53.6 Å². The normalized spacial score (nSPS) is 14.2. The van der Waals surface area contributed by atoms with E-state index < -0.39 is 5.41 Å². The first-order valence-corrected chi connectivity index (χ1v) is 28.1. The Kier molecular flexibility index (Phi) is 12.4. The first kappa shape index (κ1) is 54.4. The third-order valence-electron chi connectivity index (χ3n) is 16.8. The number of para-hydroxylation sites is 3. The van der Waals surface area contributed by atoms with Crippen LogP contribution in [0.3, 0.4) is 0 Å². The molecule has 79 heavy (non-hydrogen) atoms. The maximum Gasteiger partial charge on any atom is 0.268 e. The van der Waals surface area contributed by atoms with Gasteiger partial charge in [-0.3, -0.25) is 4.57 Å². The van der Waals surface area contributed by atoms with Crippen molar-refractivity contribution in [2.75, 3.05) is 0 Å². The maximum atomic E-state index is 7.12. The minimum absolute atomic E-state index is 0. The average molecular weight is 1220 g/mol. The van der Waals surface area contributed by atoms with Gasteiger partial charge in [0.15, 0.2) is 0 Å². The fourth-order valence-electron chi connectivity index (χ4n) is 12.9. The molecule has 0 unspecified atom stereocenters. The number of rotatable bonds is 4. The smallest absolute Gasteiger partial charge is 0.268 e. The number of pyridine rings is 1. The van der Waals surface area contributed by atoms with E-state index in [1.165, 1.54) is 66.9 Å². The number of benzene rings is 7. The molecule has 3 aromatic heterocycles. The molecule has 0 saturated carbocycles. The molecule has 406 valence electrons. The third-order valence-corrected chi connectivity index (χ3v) is 16.8. The van der Waals surface area contributed by atoms with Crippen molar-refractivity contribution in [2.24, 2.45) is 0 Å². The molecule has 7 aromatic carbocycles. The first-order valence-electron chi connectivity index (χ1n) is 28.1. The average Bonchev–Trinajstić information content (AvgIpc) is 2.05. The summed E-state index contributed by atoms with van der Waals surface area (Å²) >= 11 is 0. The molecular formula is C73H76N4OPt-2. The van der Waals surface area contributed by atoms with Gasteiger partial charge >= 0.3 is 0 Å². The summed E-state index contributed by atoms with van der Waals surface area (Å²) in [4.78, 5) is 4.81. The number of aromatic nitrogens is 4. The Balaban J connectivity index is 0.00000660. The minimum Gasteiger partial charge on any atom is -0.510 e. The summed E-state index contributed by atoms with van der Waals surface area (Å²) in [5, 5.41) is 2.22. The second-order valence-corrected chi connectivity index (χ2v) is 28.6. The molecule has 1 aliphatic heterocycles. The summed E-state index contributed by atoms with van der Waals surface area (Å²) in [5.74, 6) is 2.03. The van der Waals surface area contributed by atoms with Gasteiger partial charge in [-0.2, -0.15) is 12.1 Å². The Morgan fingerprint density at radius 2 is 1.04 bits per heavy atom. The van der Waals surface area contributed by atoms with E-state index in [0.29, 0.717) is 11.5 Å². The molecule has 0 fully saturated rings. The van der Waals surface area contributed by atoms with Crippen molar-refractivity contribution in [3.8, 4) is 39.8 Å². The van der Waals surface area contributed by atoms with Crippen LogP contribution in [0, 0.1) is 18.5 Å². The number of ether oxygens (including phenoxy) is 1. The van der Waals surface area contributed by atoms with Gasteiger partial charge < -0.3 is 13.9 Å². The summed E-state index contributed by atoms with van der Waals surface area (Å²) in [7, 11) is 0. The van der Waals surface area contributed by atoms with Crippen LogP contribution < -0.4 is 9.30 Å². The van der Waals surface area contributed by atoms with Gasteiger partial charge in [-0.1, -0.05) is 215 Å². The molecule has 10 aromatic rings. The largest absolute Gasteiger partial charge is 0.510 e. The second kappa shape index (κ2) is 18.0. The second-order valence-electron chi connectivity index (χ2n) is 28.6.